The average Bonchev–Trinajstić information content (AvgIpc) is 2.86. The highest BCUT2D eigenvalue weighted by Crippen LogP contribution is 2.30. The van der Waals surface area contributed by atoms with Gasteiger partial charge in [0.25, 0.3) is 0 Å². The third-order valence-corrected chi connectivity index (χ3v) is 4.01. The molecule has 0 aromatic carbocycles. The fraction of sp³-hybridized carbons (Fsp3) is 0.700. The quantitative estimate of drug-likeness (QED) is 0.859. The van der Waals surface area contributed by atoms with E-state index >= 15 is 0 Å². The number of hydrogen-bond donors (Lipinski definition) is 1. The Labute approximate surface area is 98.7 Å². The number of nitrogens with two attached hydrogens (primary N) is 1. The number of nitrogens with zero attached hydrogens (tertiary/aromatic N) is 3. The molecule has 1 aromatic heterocycles. The second kappa shape index (κ2) is 4.37. The third-order valence-electron chi connectivity index (χ3n) is 2.75. The van der Waals surface area contributed by atoms with Crippen LogP contribution >= 0.6 is 11.3 Å². The Morgan fingerprint density at radius 3 is 2.88 bits per heavy atom. The predicted octanol–water partition coefficient (Wildman–Crippen LogP) is 1.12. The molecule has 1 unspecified atom stereocenters. The molecule has 1 aliphatic heterocycles. The summed E-state index contributed by atoms with van der Waals surface area (Å²) in [6.45, 7) is 5.01. The van der Waals surface area contributed by atoms with Crippen LogP contribution in [0.15, 0.2) is 0 Å². The maximum atomic E-state index is 11.3. The van der Waals surface area contributed by atoms with Crippen molar-refractivity contribution in [3.63, 3.8) is 0 Å². The smallest absolute Gasteiger partial charge is 0.240 e. The molecule has 1 aromatic rings. The van der Waals surface area contributed by atoms with Gasteiger partial charge in [0, 0.05) is 12.5 Å². The molecule has 1 amide bonds. The number of amides is 1. The van der Waals surface area contributed by atoms with Gasteiger partial charge in [0.05, 0.1) is 0 Å². The van der Waals surface area contributed by atoms with Gasteiger partial charge in [0.2, 0.25) is 11.0 Å². The van der Waals surface area contributed by atoms with E-state index in [0.29, 0.717) is 5.92 Å². The van der Waals surface area contributed by atoms with E-state index in [0.717, 1.165) is 29.5 Å². The summed E-state index contributed by atoms with van der Waals surface area (Å²) in [6.07, 6.45) is 1.82. The zero-order valence-electron chi connectivity index (χ0n) is 9.51. The van der Waals surface area contributed by atoms with Crippen LogP contribution in [0, 0.1) is 0 Å². The van der Waals surface area contributed by atoms with E-state index in [1.165, 1.54) is 0 Å². The van der Waals surface area contributed by atoms with Crippen molar-refractivity contribution in [3.8, 4) is 0 Å². The first-order valence-corrected chi connectivity index (χ1v) is 6.30. The summed E-state index contributed by atoms with van der Waals surface area (Å²) in [5.74, 6) is 0.111. The fourth-order valence-electron chi connectivity index (χ4n) is 1.87. The number of aromatic nitrogens is 2. The van der Waals surface area contributed by atoms with Crippen LogP contribution in [0.5, 0.6) is 0 Å². The lowest BCUT2D eigenvalue weighted by Gasteiger charge is -2.20. The number of anilines is 1. The molecule has 2 heterocycles. The van der Waals surface area contributed by atoms with E-state index in [9.17, 15) is 4.79 Å². The molecule has 1 aliphatic rings. The van der Waals surface area contributed by atoms with Crippen molar-refractivity contribution in [2.45, 2.75) is 38.6 Å². The fourth-order valence-corrected chi connectivity index (χ4v) is 2.79. The summed E-state index contributed by atoms with van der Waals surface area (Å²) >= 11 is 1.56. The molecule has 1 saturated heterocycles. The molecular weight excluding hydrogens is 224 g/mol. The lowest BCUT2D eigenvalue weighted by Crippen LogP contribution is -2.40. The van der Waals surface area contributed by atoms with Crippen LogP contribution in [0.2, 0.25) is 0 Å². The molecule has 1 atom stereocenters. The third kappa shape index (κ3) is 2.02. The van der Waals surface area contributed by atoms with Crippen molar-refractivity contribution in [3.05, 3.63) is 5.01 Å². The van der Waals surface area contributed by atoms with Crippen LogP contribution in [-0.2, 0) is 4.79 Å². The van der Waals surface area contributed by atoms with E-state index in [1.54, 1.807) is 11.3 Å². The molecule has 0 radical (unpaired) electrons. The van der Waals surface area contributed by atoms with Crippen LogP contribution < -0.4 is 10.6 Å². The Morgan fingerprint density at radius 2 is 2.31 bits per heavy atom. The topological polar surface area (TPSA) is 72.1 Å². The highest BCUT2D eigenvalue weighted by Gasteiger charge is 2.31. The molecule has 6 heteroatoms. The van der Waals surface area contributed by atoms with Gasteiger partial charge in [-0.1, -0.05) is 25.2 Å². The molecule has 2 N–H and O–H groups in total. The van der Waals surface area contributed by atoms with Gasteiger partial charge in [-0.15, -0.1) is 10.2 Å². The van der Waals surface area contributed by atoms with Gasteiger partial charge < -0.3 is 10.6 Å². The maximum absolute atomic E-state index is 11.3. The second-order valence-corrected chi connectivity index (χ2v) is 5.32. The number of carbonyl (C=O) groups excluding carboxylic acids is 1. The zero-order valence-corrected chi connectivity index (χ0v) is 10.3. The molecule has 0 bridgehead atoms. The SMILES string of the molecule is CC(C)c1nnc(N2CCCC2C(N)=O)s1. The normalized spacial score (nSPS) is 20.7. The van der Waals surface area contributed by atoms with E-state index in [-0.39, 0.29) is 11.9 Å². The molecular formula is C10H16N4OS. The molecule has 0 saturated carbocycles. The Balaban J connectivity index is 2.19. The van der Waals surface area contributed by atoms with Gasteiger partial charge in [-0.3, -0.25) is 4.79 Å². The van der Waals surface area contributed by atoms with Crippen LogP contribution in [0.1, 0.15) is 37.6 Å². The lowest BCUT2D eigenvalue weighted by atomic mass is 10.2. The highest BCUT2D eigenvalue weighted by atomic mass is 32.1. The first kappa shape index (κ1) is 11.3. The summed E-state index contributed by atoms with van der Waals surface area (Å²) < 4.78 is 0. The van der Waals surface area contributed by atoms with Crippen LogP contribution in [0.25, 0.3) is 0 Å². The van der Waals surface area contributed by atoms with E-state index in [4.69, 9.17) is 5.73 Å². The predicted molar refractivity (Wildman–Crippen MR) is 63.6 cm³/mol. The highest BCUT2D eigenvalue weighted by molar-refractivity contribution is 7.15. The number of hydrogen-bond acceptors (Lipinski definition) is 5. The number of primary amides is 1. The van der Waals surface area contributed by atoms with Crippen molar-refractivity contribution >= 4 is 22.4 Å². The molecule has 16 heavy (non-hydrogen) atoms. The van der Waals surface area contributed by atoms with Crippen LogP contribution in [0.4, 0.5) is 5.13 Å². The first-order chi connectivity index (χ1) is 7.59. The first-order valence-electron chi connectivity index (χ1n) is 5.49. The second-order valence-electron chi connectivity index (χ2n) is 4.33. The van der Waals surface area contributed by atoms with Crippen molar-refractivity contribution in [1.82, 2.24) is 10.2 Å². The van der Waals surface area contributed by atoms with E-state index < -0.39 is 0 Å². The molecule has 0 aliphatic carbocycles. The van der Waals surface area contributed by atoms with Crippen LogP contribution in [-0.4, -0.2) is 28.7 Å². The van der Waals surface area contributed by atoms with Gasteiger partial charge in [-0.2, -0.15) is 0 Å². The number of carbonyl (C=O) groups is 1. The standard InChI is InChI=1S/C10H16N4OS/c1-6(2)9-12-13-10(16-9)14-5-3-4-7(14)8(11)15/h6-7H,3-5H2,1-2H3,(H2,11,15). The minimum absolute atomic E-state index is 0.201. The minimum atomic E-state index is -0.265. The minimum Gasteiger partial charge on any atom is -0.368 e. The van der Waals surface area contributed by atoms with Crippen molar-refractivity contribution in [1.29, 1.82) is 0 Å². The molecule has 0 spiro atoms. The lowest BCUT2D eigenvalue weighted by molar-refractivity contribution is -0.119. The Morgan fingerprint density at radius 1 is 1.56 bits per heavy atom. The summed E-state index contributed by atoms with van der Waals surface area (Å²) in [7, 11) is 0. The van der Waals surface area contributed by atoms with Crippen molar-refractivity contribution in [2.24, 2.45) is 5.73 Å². The maximum Gasteiger partial charge on any atom is 0.240 e. The van der Waals surface area contributed by atoms with E-state index in [2.05, 4.69) is 24.0 Å². The van der Waals surface area contributed by atoms with Gasteiger partial charge in [0.15, 0.2) is 0 Å². The van der Waals surface area contributed by atoms with Gasteiger partial charge >= 0.3 is 0 Å². The Hall–Kier alpha value is -1.17. The van der Waals surface area contributed by atoms with Crippen molar-refractivity contribution < 1.29 is 4.79 Å². The number of rotatable bonds is 3. The average molecular weight is 240 g/mol. The van der Waals surface area contributed by atoms with E-state index in [1.807, 2.05) is 4.90 Å². The van der Waals surface area contributed by atoms with Crippen LogP contribution in [0.3, 0.4) is 0 Å². The summed E-state index contributed by atoms with van der Waals surface area (Å²) in [6, 6.07) is -0.201. The molecule has 1 fully saturated rings. The Bertz CT molecular complexity index is 390. The largest absolute Gasteiger partial charge is 0.368 e. The summed E-state index contributed by atoms with van der Waals surface area (Å²) in [4.78, 5) is 13.2. The summed E-state index contributed by atoms with van der Waals surface area (Å²) in [5.41, 5.74) is 5.37. The zero-order chi connectivity index (χ0) is 11.7. The molecule has 88 valence electrons. The van der Waals surface area contributed by atoms with Crippen molar-refractivity contribution in [2.75, 3.05) is 11.4 Å². The molecule has 2 rings (SSSR count). The Kier molecular flexibility index (Phi) is 3.09. The summed E-state index contributed by atoms with van der Waals surface area (Å²) in [5, 5.41) is 10.1. The van der Waals surface area contributed by atoms with Gasteiger partial charge in [0.1, 0.15) is 11.0 Å². The molecule has 5 nitrogen and oxygen atoms in total. The van der Waals surface area contributed by atoms with Gasteiger partial charge in [-0.25, -0.2) is 0 Å². The monoisotopic (exact) mass is 240 g/mol. The van der Waals surface area contributed by atoms with Gasteiger partial charge in [-0.05, 0) is 12.8 Å².